The van der Waals surface area contributed by atoms with Crippen molar-refractivity contribution in [2.24, 2.45) is 0 Å². The third kappa shape index (κ3) is 8.66. The number of nitrogens with zero attached hydrogens (tertiary/aromatic N) is 2. The van der Waals surface area contributed by atoms with E-state index in [0.717, 1.165) is 23.0 Å². The average Bonchev–Trinajstić information content (AvgIpc) is 3.34. The van der Waals surface area contributed by atoms with Crippen LogP contribution in [-0.2, 0) is 12.0 Å². The number of aromatic nitrogens is 1. The number of anilines is 2. The van der Waals surface area contributed by atoms with E-state index in [1.165, 1.54) is 17.0 Å². The van der Waals surface area contributed by atoms with Gasteiger partial charge in [-0.05, 0) is 52.9 Å². The minimum Gasteiger partial charge on any atom is -0.406 e. The first-order valence-corrected chi connectivity index (χ1v) is 14.0. The van der Waals surface area contributed by atoms with Gasteiger partial charge in [0.2, 0.25) is 0 Å². The quantitative estimate of drug-likeness (QED) is 0.188. The van der Waals surface area contributed by atoms with E-state index >= 15 is 0 Å². The summed E-state index contributed by atoms with van der Waals surface area (Å²) in [6.45, 7) is 5.78. The molecule has 0 radical (unpaired) electrons. The van der Waals surface area contributed by atoms with Gasteiger partial charge in [-0.1, -0.05) is 56.4 Å². The molecular formula is C30H31F3N4O5S. The van der Waals surface area contributed by atoms with Gasteiger partial charge in [-0.3, -0.25) is 15.0 Å². The number of hydrogen-bond acceptors (Lipinski definition) is 7. The van der Waals surface area contributed by atoms with Gasteiger partial charge < -0.3 is 20.3 Å². The Bertz CT molecular complexity index is 1570. The van der Waals surface area contributed by atoms with Crippen LogP contribution in [0.3, 0.4) is 0 Å². The maximum absolute atomic E-state index is 13.6. The largest absolute Gasteiger partial charge is 0.573 e. The van der Waals surface area contributed by atoms with Gasteiger partial charge in [-0.15, -0.1) is 13.2 Å². The van der Waals surface area contributed by atoms with E-state index in [2.05, 4.69) is 41.1 Å². The first-order chi connectivity index (χ1) is 20.2. The minimum absolute atomic E-state index is 0.0992. The van der Waals surface area contributed by atoms with Gasteiger partial charge in [0.15, 0.2) is 5.13 Å². The highest BCUT2D eigenvalue weighted by atomic mass is 32.1. The second-order valence-electron chi connectivity index (χ2n) is 10.8. The molecule has 1 atom stereocenters. The molecule has 0 bridgehead atoms. The van der Waals surface area contributed by atoms with Crippen molar-refractivity contribution < 1.29 is 37.7 Å². The van der Waals surface area contributed by atoms with Crippen molar-refractivity contribution in [1.29, 1.82) is 0 Å². The number of ether oxygens (including phenoxy) is 1. The van der Waals surface area contributed by atoms with Crippen LogP contribution in [0.1, 0.15) is 42.3 Å². The first-order valence-electron chi connectivity index (χ1n) is 13.2. The number of thiazole rings is 1. The Balaban J connectivity index is 1.56. The molecule has 1 heterocycles. The van der Waals surface area contributed by atoms with Crippen LogP contribution >= 0.6 is 11.3 Å². The van der Waals surface area contributed by atoms with Gasteiger partial charge in [0.1, 0.15) is 5.75 Å². The van der Waals surface area contributed by atoms with Crippen LogP contribution in [0.15, 0.2) is 66.7 Å². The number of nitrogens with one attached hydrogen (secondary N) is 2. The third-order valence-corrected chi connectivity index (χ3v) is 7.31. The van der Waals surface area contributed by atoms with E-state index in [1.807, 2.05) is 24.3 Å². The summed E-state index contributed by atoms with van der Waals surface area (Å²) in [6.07, 6.45) is -5.90. The highest BCUT2D eigenvalue weighted by molar-refractivity contribution is 7.22. The van der Waals surface area contributed by atoms with E-state index in [0.29, 0.717) is 21.5 Å². The van der Waals surface area contributed by atoms with E-state index in [9.17, 15) is 27.9 Å². The van der Waals surface area contributed by atoms with Crippen LogP contribution in [-0.4, -0.2) is 52.8 Å². The molecule has 4 N–H and O–H groups in total. The fourth-order valence-electron chi connectivity index (χ4n) is 4.06. The number of halogens is 3. The number of carbonyl (C=O) groups is 2. The number of aliphatic hydroxyl groups excluding tert-OH is 2. The van der Waals surface area contributed by atoms with Crippen LogP contribution in [0, 0.1) is 0 Å². The Morgan fingerprint density at radius 1 is 1.02 bits per heavy atom. The molecule has 3 aromatic carbocycles. The zero-order valence-corrected chi connectivity index (χ0v) is 24.4. The molecule has 13 heteroatoms. The number of hydrogen-bond donors (Lipinski definition) is 4. The standard InChI is InChI=1S/C30H31F3N4O5S/c1-29(2,3)20-8-10-21(11-9-20)37(16-18-4-6-19(7-5-18)26(40)34-15-22(39)17-38)28(41)36-27-35-24-14-23(42-30(31,32)33)12-13-25(24)43-27/h4-14,22,38-39H,15-17H2,1-3H3,(H,34,40)(H,35,36,41)/t22-/m1/s1. The topological polar surface area (TPSA) is 124 Å². The van der Waals surface area contributed by atoms with Gasteiger partial charge >= 0.3 is 12.4 Å². The van der Waals surface area contributed by atoms with E-state index in [4.69, 9.17) is 5.11 Å². The molecule has 0 saturated carbocycles. The molecule has 0 fully saturated rings. The lowest BCUT2D eigenvalue weighted by atomic mass is 9.87. The molecule has 9 nitrogen and oxygen atoms in total. The molecule has 4 aromatic rings. The predicted molar refractivity (Wildman–Crippen MR) is 159 cm³/mol. The average molecular weight is 617 g/mol. The molecule has 0 aliphatic heterocycles. The lowest BCUT2D eigenvalue weighted by Gasteiger charge is -2.25. The number of fused-ring (bicyclic) bond motifs is 1. The summed E-state index contributed by atoms with van der Waals surface area (Å²) in [7, 11) is 0. The van der Waals surface area contributed by atoms with E-state index in [1.54, 1.807) is 24.3 Å². The van der Waals surface area contributed by atoms with Crippen LogP contribution in [0.25, 0.3) is 10.2 Å². The van der Waals surface area contributed by atoms with Crippen LogP contribution in [0.2, 0.25) is 0 Å². The van der Waals surface area contributed by atoms with Crippen molar-refractivity contribution in [3.05, 3.63) is 83.4 Å². The smallest absolute Gasteiger partial charge is 0.406 e. The first kappa shape index (κ1) is 31.7. The summed E-state index contributed by atoms with van der Waals surface area (Å²) >= 11 is 1.11. The fourth-order valence-corrected chi connectivity index (χ4v) is 4.90. The predicted octanol–water partition coefficient (Wildman–Crippen LogP) is 5.81. The maximum atomic E-state index is 13.6. The Hall–Kier alpha value is -4.20. The summed E-state index contributed by atoms with van der Waals surface area (Å²) in [6, 6.07) is 17.3. The number of carbonyl (C=O) groups excluding carboxylic acids is 2. The monoisotopic (exact) mass is 616 g/mol. The van der Waals surface area contributed by atoms with E-state index < -0.39 is 36.8 Å². The van der Waals surface area contributed by atoms with Gasteiger partial charge in [0.05, 0.1) is 29.5 Å². The number of aliphatic hydroxyl groups is 2. The fraction of sp³-hybridized carbons (Fsp3) is 0.300. The molecule has 0 spiro atoms. The summed E-state index contributed by atoms with van der Waals surface area (Å²) in [5.41, 5.74) is 2.84. The van der Waals surface area contributed by atoms with Crippen molar-refractivity contribution in [3.63, 3.8) is 0 Å². The summed E-state index contributed by atoms with van der Waals surface area (Å²) in [5.74, 6) is -0.837. The summed E-state index contributed by atoms with van der Waals surface area (Å²) in [5, 5.41) is 23.9. The molecule has 0 aliphatic carbocycles. The zero-order valence-electron chi connectivity index (χ0n) is 23.6. The van der Waals surface area contributed by atoms with Crippen LogP contribution in [0.4, 0.5) is 28.8 Å². The maximum Gasteiger partial charge on any atom is 0.573 e. The number of amides is 3. The molecule has 4 rings (SSSR count). The second kappa shape index (κ2) is 13.0. The van der Waals surface area contributed by atoms with Crippen molar-refractivity contribution in [2.45, 2.75) is 45.2 Å². The molecule has 228 valence electrons. The Morgan fingerprint density at radius 3 is 2.30 bits per heavy atom. The Kier molecular flexibility index (Phi) is 9.58. The Morgan fingerprint density at radius 2 is 1.70 bits per heavy atom. The normalized spacial score (nSPS) is 12.6. The second-order valence-corrected chi connectivity index (χ2v) is 11.8. The summed E-state index contributed by atoms with van der Waals surface area (Å²) in [4.78, 5) is 31.7. The Labute approximate surface area is 249 Å². The highest BCUT2D eigenvalue weighted by Gasteiger charge is 2.31. The molecule has 3 amide bonds. The van der Waals surface area contributed by atoms with Gasteiger partial charge in [-0.25, -0.2) is 9.78 Å². The lowest BCUT2D eigenvalue weighted by molar-refractivity contribution is -0.274. The summed E-state index contributed by atoms with van der Waals surface area (Å²) < 4.78 is 42.4. The van der Waals surface area contributed by atoms with Crippen molar-refractivity contribution in [1.82, 2.24) is 10.3 Å². The van der Waals surface area contributed by atoms with Crippen molar-refractivity contribution >= 4 is 44.3 Å². The number of alkyl halides is 3. The van der Waals surface area contributed by atoms with Crippen molar-refractivity contribution in [2.75, 3.05) is 23.4 Å². The molecule has 0 saturated heterocycles. The van der Waals surface area contributed by atoms with Gasteiger partial charge in [-0.2, -0.15) is 0 Å². The van der Waals surface area contributed by atoms with E-state index in [-0.39, 0.29) is 29.2 Å². The zero-order chi connectivity index (χ0) is 31.4. The molecule has 1 aromatic heterocycles. The minimum atomic E-state index is -4.84. The number of rotatable bonds is 9. The SMILES string of the molecule is CC(C)(C)c1ccc(N(Cc2ccc(C(=O)NC[C@@H](O)CO)cc2)C(=O)Nc2nc3cc(OC(F)(F)F)ccc3s2)cc1. The molecule has 43 heavy (non-hydrogen) atoms. The van der Waals surface area contributed by atoms with Crippen LogP contribution in [0.5, 0.6) is 5.75 Å². The highest BCUT2D eigenvalue weighted by Crippen LogP contribution is 2.32. The molecule has 0 unspecified atom stereocenters. The lowest BCUT2D eigenvalue weighted by Crippen LogP contribution is -2.35. The van der Waals surface area contributed by atoms with Crippen LogP contribution < -0.4 is 20.3 Å². The molecular weight excluding hydrogens is 585 g/mol. The van der Waals surface area contributed by atoms with Gasteiger partial charge in [0, 0.05) is 23.9 Å². The van der Waals surface area contributed by atoms with Crippen molar-refractivity contribution in [3.8, 4) is 5.75 Å². The third-order valence-electron chi connectivity index (χ3n) is 6.36. The number of benzene rings is 3. The van der Waals surface area contributed by atoms with Gasteiger partial charge in [0.25, 0.3) is 5.91 Å². The molecule has 0 aliphatic rings. The number of urea groups is 1.